The number of aliphatic hydroxyl groups excluding tert-OH is 1. The molecule has 0 saturated heterocycles. The maximum Gasteiger partial charge on any atom is 0.246 e. The Labute approximate surface area is 257 Å². The summed E-state index contributed by atoms with van der Waals surface area (Å²) in [6.45, 7) is 9.92. The summed E-state index contributed by atoms with van der Waals surface area (Å²) in [4.78, 5) is 0. The lowest BCUT2D eigenvalue weighted by Crippen LogP contribution is -2.44. The molecule has 1 N–H and O–H groups in total. The summed E-state index contributed by atoms with van der Waals surface area (Å²) in [6, 6.07) is 16.5. The van der Waals surface area contributed by atoms with Gasteiger partial charge in [0.05, 0.1) is 25.4 Å². The highest BCUT2D eigenvalue weighted by Crippen LogP contribution is 2.40. The molecule has 0 spiro atoms. The number of fused-ring (bicyclic) bond motifs is 1. The van der Waals surface area contributed by atoms with Crippen molar-refractivity contribution in [3.8, 4) is 28.8 Å². The van der Waals surface area contributed by atoms with E-state index in [4.69, 9.17) is 13.9 Å². The third kappa shape index (κ3) is 5.84. The molecule has 0 aliphatic carbocycles. The van der Waals surface area contributed by atoms with E-state index < -0.39 is 29.5 Å². The van der Waals surface area contributed by atoms with E-state index in [1.54, 1.807) is 63.8 Å². The smallest absolute Gasteiger partial charge is 0.246 e. The zero-order valence-corrected chi connectivity index (χ0v) is 27.7. The minimum Gasteiger partial charge on any atom is -0.494 e. The van der Waals surface area contributed by atoms with E-state index in [1.807, 2.05) is 13.0 Å². The van der Waals surface area contributed by atoms with Crippen LogP contribution in [0.25, 0.3) is 22.8 Å². The van der Waals surface area contributed by atoms with Crippen LogP contribution >= 0.6 is 0 Å². The van der Waals surface area contributed by atoms with Crippen LogP contribution in [-0.2, 0) is 10.0 Å². The number of hydrogen-bond acceptors (Lipinski definition) is 9. The summed E-state index contributed by atoms with van der Waals surface area (Å²) in [6.07, 6.45) is 0.203. The molecular weight excluding hydrogens is 601 g/mol. The maximum absolute atomic E-state index is 14.7. The summed E-state index contributed by atoms with van der Waals surface area (Å²) in [5.41, 5.74) is 1.50. The lowest BCUT2D eigenvalue weighted by atomic mass is 10.2. The molecular formula is C30H38N6O6SSi. The van der Waals surface area contributed by atoms with Crippen molar-refractivity contribution in [2.45, 2.75) is 50.9 Å². The van der Waals surface area contributed by atoms with Gasteiger partial charge in [0.25, 0.3) is 0 Å². The van der Waals surface area contributed by atoms with E-state index >= 15 is 0 Å². The maximum atomic E-state index is 14.7. The first kappa shape index (κ1) is 31.3. The molecule has 234 valence electrons. The van der Waals surface area contributed by atoms with Crippen LogP contribution in [0.4, 0.5) is 5.95 Å². The van der Waals surface area contributed by atoms with Crippen molar-refractivity contribution in [1.82, 2.24) is 24.4 Å². The molecule has 1 aromatic carbocycles. The number of rotatable bonds is 12. The lowest BCUT2D eigenvalue weighted by Gasteiger charge is -2.31. The van der Waals surface area contributed by atoms with Gasteiger partial charge in [0.1, 0.15) is 34.3 Å². The fraction of sp³-hybridized carbons (Fsp3) is 0.367. The van der Waals surface area contributed by atoms with E-state index in [0.717, 1.165) is 5.52 Å². The summed E-state index contributed by atoms with van der Waals surface area (Å²) in [7, 11) is -3.02. The van der Waals surface area contributed by atoms with Crippen LogP contribution in [0.2, 0.25) is 25.7 Å². The lowest BCUT2D eigenvalue weighted by molar-refractivity contribution is 0.168. The second-order valence-electron chi connectivity index (χ2n) is 11.8. The van der Waals surface area contributed by atoms with Gasteiger partial charge in [-0.3, -0.25) is 4.57 Å². The van der Waals surface area contributed by atoms with Crippen molar-refractivity contribution in [2.75, 3.05) is 25.1 Å². The molecule has 14 heteroatoms. The topological polar surface area (TPSA) is 137 Å². The average molecular weight is 639 g/mol. The van der Waals surface area contributed by atoms with Gasteiger partial charge in [0.15, 0.2) is 5.76 Å². The van der Waals surface area contributed by atoms with Crippen molar-refractivity contribution in [3.63, 3.8) is 0 Å². The fourth-order valence-electron chi connectivity index (χ4n) is 4.99. The molecule has 0 unspecified atom stereocenters. The monoisotopic (exact) mass is 638 g/mol. The van der Waals surface area contributed by atoms with Crippen LogP contribution in [0.5, 0.6) is 11.5 Å². The first-order valence-electron chi connectivity index (χ1n) is 14.2. The van der Waals surface area contributed by atoms with Crippen molar-refractivity contribution in [3.05, 3.63) is 72.2 Å². The number of methoxy groups -OCH3 is 2. The minimum atomic E-state index is -4.28. The number of para-hydroxylation sites is 1. The number of benzene rings is 1. The number of hydrogen-bond donors (Lipinski definition) is 1. The van der Waals surface area contributed by atoms with Crippen LogP contribution in [-0.4, -0.2) is 72.0 Å². The Morgan fingerprint density at radius 1 is 1.00 bits per heavy atom. The summed E-state index contributed by atoms with van der Waals surface area (Å²) in [5, 5.41) is 23.5. The van der Waals surface area contributed by atoms with Gasteiger partial charge in [-0.2, -0.15) is 5.10 Å². The van der Waals surface area contributed by atoms with Gasteiger partial charge < -0.3 is 19.0 Å². The predicted molar refractivity (Wildman–Crippen MR) is 171 cm³/mol. The molecule has 5 aromatic rings. The van der Waals surface area contributed by atoms with Gasteiger partial charge in [0.2, 0.25) is 21.8 Å². The number of aliphatic hydroxyl groups is 1. The highest BCUT2D eigenvalue weighted by molar-refractivity contribution is 7.93. The predicted octanol–water partition coefficient (Wildman–Crippen LogP) is 5.10. The first-order chi connectivity index (χ1) is 20.9. The number of nitrogens with zero attached hydrogens (tertiary/aromatic N) is 6. The third-order valence-corrected chi connectivity index (χ3v) is 11.4. The van der Waals surface area contributed by atoms with Crippen LogP contribution in [0, 0.1) is 6.92 Å². The molecule has 0 radical (unpaired) electrons. The van der Waals surface area contributed by atoms with Gasteiger partial charge in [-0.15, -0.1) is 10.2 Å². The Morgan fingerprint density at radius 2 is 1.68 bits per heavy atom. The summed E-state index contributed by atoms with van der Waals surface area (Å²) < 4.78 is 51.1. The molecule has 4 aromatic heterocycles. The van der Waals surface area contributed by atoms with E-state index in [-0.39, 0.29) is 18.3 Å². The molecule has 44 heavy (non-hydrogen) atoms. The molecule has 5 rings (SSSR count). The number of aryl methyl sites for hydroxylation is 1. The number of aromatic nitrogens is 5. The first-order valence-corrected chi connectivity index (χ1v) is 19.4. The zero-order chi connectivity index (χ0) is 31.8. The van der Waals surface area contributed by atoms with Gasteiger partial charge in [-0.05, 0) is 62.4 Å². The quantitative estimate of drug-likeness (QED) is 0.185. The van der Waals surface area contributed by atoms with E-state index in [0.29, 0.717) is 40.4 Å². The van der Waals surface area contributed by atoms with Crippen LogP contribution in [0.15, 0.2) is 65.2 Å². The Morgan fingerprint density at radius 3 is 2.30 bits per heavy atom. The summed E-state index contributed by atoms with van der Waals surface area (Å²) in [5.74, 6) is 2.14. The molecule has 0 amide bonds. The molecule has 2 atom stereocenters. The number of sulfonamides is 1. The molecule has 0 aliphatic heterocycles. The van der Waals surface area contributed by atoms with Crippen molar-refractivity contribution < 1.29 is 27.4 Å². The van der Waals surface area contributed by atoms with Gasteiger partial charge >= 0.3 is 0 Å². The Hall–Kier alpha value is -4.14. The van der Waals surface area contributed by atoms with Gasteiger partial charge in [-0.25, -0.2) is 17.2 Å². The van der Waals surface area contributed by atoms with Crippen molar-refractivity contribution >= 4 is 29.6 Å². The second kappa shape index (κ2) is 12.1. The summed E-state index contributed by atoms with van der Waals surface area (Å²) >= 11 is 0. The van der Waals surface area contributed by atoms with Crippen LogP contribution in [0.3, 0.4) is 0 Å². The molecule has 12 nitrogen and oxygen atoms in total. The van der Waals surface area contributed by atoms with E-state index in [2.05, 4.69) is 34.9 Å². The molecule has 0 bridgehead atoms. The molecule has 0 aliphatic rings. The Balaban J connectivity index is 1.72. The molecule has 0 fully saturated rings. The fourth-order valence-corrected chi connectivity index (χ4v) is 7.60. The normalized spacial score (nSPS) is 13.6. The highest BCUT2D eigenvalue weighted by atomic mass is 32.2. The number of pyridine rings is 1. The van der Waals surface area contributed by atoms with Gasteiger partial charge in [0, 0.05) is 20.8 Å². The number of anilines is 1. The largest absolute Gasteiger partial charge is 0.494 e. The van der Waals surface area contributed by atoms with E-state index in [1.165, 1.54) is 25.4 Å². The Kier molecular flexibility index (Phi) is 8.60. The number of furan rings is 1. The molecule has 0 saturated carbocycles. The van der Waals surface area contributed by atoms with Crippen molar-refractivity contribution in [2.24, 2.45) is 0 Å². The second-order valence-corrected chi connectivity index (χ2v) is 19.6. The van der Waals surface area contributed by atoms with Gasteiger partial charge in [-0.1, -0.05) is 31.8 Å². The standard InChI is InChI=1S/C30H38N6O6SSi/c1-20-14-15-26(42-20)29-32-33-30(35(29)27-24(40-3)12-9-13-25(27)41-4)34(18-19-44(5,6)7)43(38,39)21(2)28(37)23-11-8-10-22-16-17-31-36(22)23/h8-17,21,28,37H,18-19H2,1-7H3/t21-,28+/m0/s1. The average Bonchev–Trinajstić information content (AvgIpc) is 3.75. The number of ether oxygens (including phenoxy) is 2. The zero-order valence-electron chi connectivity index (χ0n) is 25.9. The van der Waals surface area contributed by atoms with Crippen LogP contribution in [0.1, 0.15) is 24.5 Å². The van der Waals surface area contributed by atoms with E-state index in [9.17, 15) is 13.5 Å². The minimum absolute atomic E-state index is 0.0199. The van der Waals surface area contributed by atoms with Crippen molar-refractivity contribution in [1.29, 1.82) is 0 Å². The highest BCUT2D eigenvalue weighted by Gasteiger charge is 2.40. The van der Waals surface area contributed by atoms with Crippen LogP contribution < -0.4 is 13.8 Å². The Bertz CT molecular complexity index is 1850. The third-order valence-electron chi connectivity index (χ3n) is 7.50. The molecule has 4 heterocycles. The SMILES string of the molecule is COc1cccc(OC)c1-n1c(-c2ccc(C)o2)nnc1N(CC[Si](C)(C)C)S(=O)(=O)[C@@H](C)[C@@H](O)c1cccc2ccnn12.